The molecule has 0 N–H and O–H groups in total. The maximum atomic E-state index is 13.2. The molecule has 1 aliphatic carbocycles. The molecule has 0 bridgehead atoms. The molecule has 1 amide bonds. The van der Waals surface area contributed by atoms with E-state index in [1.54, 1.807) is 11.3 Å². The van der Waals surface area contributed by atoms with Gasteiger partial charge in [0.15, 0.2) is 5.13 Å². The second kappa shape index (κ2) is 9.52. The van der Waals surface area contributed by atoms with Crippen LogP contribution in [-0.4, -0.2) is 48.1 Å². The number of amides is 1. The number of thiazole rings is 1. The third-order valence-corrected chi connectivity index (χ3v) is 6.64. The maximum Gasteiger partial charge on any atom is 0.227 e. The first-order chi connectivity index (χ1) is 13.8. The van der Waals surface area contributed by atoms with Gasteiger partial charge in [-0.05, 0) is 18.4 Å². The summed E-state index contributed by atoms with van der Waals surface area (Å²) < 4.78 is 5.44. The molecular formula is C22H29N3O2S. The molecule has 0 atom stereocenters. The van der Waals surface area contributed by atoms with Gasteiger partial charge in [0.2, 0.25) is 5.91 Å². The van der Waals surface area contributed by atoms with E-state index < -0.39 is 0 Å². The molecule has 4 rings (SSSR count). The quantitative estimate of drug-likeness (QED) is 0.739. The summed E-state index contributed by atoms with van der Waals surface area (Å²) in [7, 11) is 0. The lowest BCUT2D eigenvalue weighted by atomic mass is 9.93. The second-order valence-electron chi connectivity index (χ2n) is 7.70. The fraction of sp³-hybridized carbons (Fsp3) is 0.545. The van der Waals surface area contributed by atoms with E-state index in [9.17, 15) is 4.79 Å². The minimum absolute atomic E-state index is 0.221. The van der Waals surface area contributed by atoms with Crippen LogP contribution in [0.25, 0.3) is 0 Å². The van der Waals surface area contributed by atoms with E-state index in [0.717, 1.165) is 55.5 Å². The molecule has 1 saturated heterocycles. The predicted octanol–water partition coefficient (Wildman–Crippen LogP) is 3.88. The lowest BCUT2D eigenvalue weighted by Gasteiger charge is -2.34. The van der Waals surface area contributed by atoms with E-state index in [1.807, 2.05) is 30.3 Å². The van der Waals surface area contributed by atoms with Crippen molar-refractivity contribution < 1.29 is 9.53 Å². The zero-order valence-corrected chi connectivity index (χ0v) is 17.2. The summed E-state index contributed by atoms with van der Waals surface area (Å²) >= 11 is 1.68. The Morgan fingerprint density at radius 2 is 1.89 bits per heavy atom. The lowest BCUT2D eigenvalue weighted by molar-refractivity contribution is -0.134. The monoisotopic (exact) mass is 399 g/mol. The van der Waals surface area contributed by atoms with Crippen molar-refractivity contribution in [2.45, 2.75) is 51.1 Å². The van der Waals surface area contributed by atoms with Gasteiger partial charge in [-0.3, -0.25) is 4.79 Å². The molecule has 1 saturated carbocycles. The van der Waals surface area contributed by atoms with Gasteiger partial charge in [-0.25, -0.2) is 4.98 Å². The molecule has 1 aromatic carbocycles. The number of nitrogens with zero attached hydrogens (tertiary/aromatic N) is 3. The number of hydrogen-bond donors (Lipinski definition) is 0. The second-order valence-corrected chi connectivity index (χ2v) is 8.53. The van der Waals surface area contributed by atoms with Crippen LogP contribution in [0.1, 0.15) is 43.4 Å². The van der Waals surface area contributed by atoms with E-state index in [0.29, 0.717) is 19.0 Å². The van der Waals surface area contributed by atoms with Gasteiger partial charge in [0.1, 0.15) is 0 Å². The first-order valence-corrected chi connectivity index (χ1v) is 11.3. The fourth-order valence-electron chi connectivity index (χ4n) is 4.13. The number of hydrogen-bond acceptors (Lipinski definition) is 5. The number of ether oxygens (including phenoxy) is 1. The van der Waals surface area contributed by atoms with E-state index >= 15 is 0 Å². The summed E-state index contributed by atoms with van der Waals surface area (Å²) in [5, 5.41) is 3.17. The predicted molar refractivity (Wildman–Crippen MR) is 113 cm³/mol. The van der Waals surface area contributed by atoms with Crippen LogP contribution in [0.2, 0.25) is 0 Å². The van der Waals surface area contributed by atoms with Crippen molar-refractivity contribution in [2.75, 3.05) is 31.2 Å². The highest BCUT2D eigenvalue weighted by Crippen LogP contribution is 2.27. The van der Waals surface area contributed by atoms with Gasteiger partial charge in [0.05, 0.1) is 31.9 Å². The highest BCUT2D eigenvalue weighted by atomic mass is 32.1. The van der Waals surface area contributed by atoms with Crippen LogP contribution in [0.3, 0.4) is 0 Å². The zero-order chi connectivity index (χ0) is 19.2. The third-order valence-electron chi connectivity index (χ3n) is 5.69. The molecule has 0 spiro atoms. The number of rotatable bonds is 6. The van der Waals surface area contributed by atoms with Gasteiger partial charge in [-0.15, -0.1) is 11.3 Å². The fourth-order valence-corrected chi connectivity index (χ4v) is 5.00. The van der Waals surface area contributed by atoms with Crippen LogP contribution in [0, 0.1) is 0 Å². The molecule has 150 valence electrons. The van der Waals surface area contributed by atoms with Gasteiger partial charge >= 0.3 is 0 Å². The Hall–Kier alpha value is -1.92. The number of benzene rings is 1. The third kappa shape index (κ3) is 4.92. The summed E-state index contributed by atoms with van der Waals surface area (Å²) in [6.07, 6.45) is 6.42. The highest BCUT2D eigenvalue weighted by molar-refractivity contribution is 7.13. The SMILES string of the molecule is O=C(Cc1ccccc1)N(Cc1csc(N2CCOCC2)n1)C1CCCCC1. The summed E-state index contributed by atoms with van der Waals surface area (Å²) in [5.41, 5.74) is 2.10. The molecule has 6 heteroatoms. The number of morpholine rings is 1. The number of carbonyl (C=O) groups excluding carboxylic acids is 1. The van der Waals surface area contributed by atoms with Crippen molar-refractivity contribution in [1.29, 1.82) is 0 Å². The van der Waals surface area contributed by atoms with E-state index in [4.69, 9.17) is 9.72 Å². The molecule has 1 aromatic heterocycles. The average molecular weight is 400 g/mol. The first-order valence-electron chi connectivity index (χ1n) is 10.4. The van der Waals surface area contributed by atoms with Crippen molar-refractivity contribution in [3.8, 4) is 0 Å². The Labute approximate surface area is 171 Å². The van der Waals surface area contributed by atoms with Crippen LogP contribution in [0.15, 0.2) is 35.7 Å². The van der Waals surface area contributed by atoms with Crippen molar-refractivity contribution in [1.82, 2.24) is 9.88 Å². The van der Waals surface area contributed by atoms with E-state index in [2.05, 4.69) is 15.2 Å². The molecule has 2 heterocycles. The van der Waals surface area contributed by atoms with Crippen LogP contribution < -0.4 is 4.90 Å². The normalized spacial score (nSPS) is 18.2. The number of carbonyl (C=O) groups is 1. The standard InChI is InChI=1S/C22H29N3O2S/c26-21(15-18-7-3-1-4-8-18)25(20-9-5-2-6-10-20)16-19-17-28-22(23-19)24-11-13-27-14-12-24/h1,3-4,7-8,17,20H,2,5-6,9-16H2. The largest absolute Gasteiger partial charge is 0.378 e. The van der Waals surface area contributed by atoms with Crippen molar-refractivity contribution in [2.24, 2.45) is 0 Å². The molecule has 2 aliphatic rings. The molecule has 0 unspecified atom stereocenters. The Morgan fingerprint density at radius 3 is 2.64 bits per heavy atom. The Balaban J connectivity index is 1.47. The van der Waals surface area contributed by atoms with Gasteiger partial charge in [-0.2, -0.15) is 0 Å². The molecular weight excluding hydrogens is 370 g/mol. The number of aromatic nitrogens is 1. The Morgan fingerprint density at radius 1 is 1.14 bits per heavy atom. The summed E-state index contributed by atoms with van der Waals surface area (Å²) in [5.74, 6) is 0.221. The Kier molecular flexibility index (Phi) is 6.60. The first kappa shape index (κ1) is 19.4. The van der Waals surface area contributed by atoms with Crippen molar-refractivity contribution in [3.63, 3.8) is 0 Å². The van der Waals surface area contributed by atoms with Gasteiger partial charge in [-0.1, -0.05) is 49.6 Å². The Bertz CT molecular complexity index is 752. The van der Waals surface area contributed by atoms with Crippen LogP contribution >= 0.6 is 11.3 Å². The smallest absolute Gasteiger partial charge is 0.227 e. The minimum Gasteiger partial charge on any atom is -0.378 e. The van der Waals surface area contributed by atoms with Gasteiger partial charge in [0, 0.05) is 24.5 Å². The van der Waals surface area contributed by atoms with E-state index in [1.165, 1.54) is 19.3 Å². The van der Waals surface area contributed by atoms with Gasteiger partial charge < -0.3 is 14.5 Å². The van der Waals surface area contributed by atoms with Crippen LogP contribution in [-0.2, 0) is 22.5 Å². The minimum atomic E-state index is 0.221. The van der Waals surface area contributed by atoms with Gasteiger partial charge in [0.25, 0.3) is 0 Å². The molecule has 0 radical (unpaired) electrons. The van der Waals surface area contributed by atoms with Crippen LogP contribution in [0.5, 0.6) is 0 Å². The average Bonchev–Trinajstić information content (AvgIpc) is 3.23. The van der Waals surface area contributed by atoms with E-state index in [-0.39, 0.29) is 5.91 Å². The zero-order valence-electron chi connectivity index (χ0n) is 16.4. The number of anilines is 1. The maximum absolute atomic E-state index is 13.2. The molecule has 2 aromatic rings. The van der Waals surface area contributed by atoms with Crippen molar-refractivity contribution >= 4 is 22.4 Å². The molecule has 5 nitrogen and oxygen atoms in total. The highest BCUT2D eigenvalue weighted by Gasteiger charge is 2.26. The van der Waals surface area contributed by atoms with Crippen molar-refractivity contribution in [3.05, 3.63) is 47.0 Å². The molecule has 28 heavy (non-hydrogen) atoms. The molecule has 1 aliphatic heterocycles. The summed E-state index contributed by atoms with van der Waals surface area (Å²) in [6.45, 7) is 3.94. The summed E-state index contributed by atoms with van der Waals surface area (Å²) in [6, 6.07) is 10.4. The lowest BCUT2D eigenvalue weighted by Crippen LogP contribution is -2.42. The summed E-state index contributed by atoms with van der Waals surface area (Å²) in [4.78, 5) is 22.4. The molecule has 2 fully saturated rings. The topological polar surface area (TPSA) is 45.7 Å². The van der Waals surface area contributed by atoms with Crippen LogP contribution in [0.4, 0.5) is 5.13 Å².